The van der Waals surface area contributed by atoms with Gasteiger partial charge in [0.1, 0.15) is 6.10 Å². The van der Waals surface area contributed by atoms with Crippen LogP contribution in [0, 0.1) is 7.05 Å². The first kappa shape index (κ1) is 7.98. The summed E-state index contributed by atoms with van der Waals surface area (Å²) in [7, 11) is 7.84. The second-order valence-electron chi connectivity index (χ2n) is 3.26. The molecule has 3 atom stereocenters. The van der Waals surface area contributed by atoms with Crippen LogP contribution in [0.15, 0.2) is 0 Å². The molecule has 1 fully saturated rings. The first-order valence-electron chi connectivity index (χ1n) is 3.62. The van der Waals surface area contributed by atoms with E-state index in [-0.39, 0.29) is 6.10 Å². The second kappa shape index (κ2) is 2.86. The molecule has 0 amide bonds. The van der Waals surface area contributed by atoms with Crippen molar-refractivity contribution in [1.29, 1.82) is 0 Å². The summed E-state index contributed by atoms with van der Waals surface area (Å²) in [6, 6.07) is 0.299. The minimum absolute atomic E-state index is 0.192. The molecule has 0 aromatic rings. The Kier molecular flexibility index (Phi) is 2.28. The zero-order valence-corrected chi connectivity index (χ0v) is 6.67. The average Bonchev–Trinajstić information content (AvgIpc) is 2.10. The second-order valence-corrected chi connectivity index (χ2v) is 3.26. The summed E-state index contributed by atoms with van der Waals surface area (Å²) in [6.07, 6.45) is -0.192. The fourth-order valence-corrected chi connectivity index (χ4v) is 1.47. The quantitative estimate of drug-likeness (QED) is 0.415. The highest BCUT2D eigenvalue weighted by Gasteiger charge is 2.31. The van der Waals surface area contributed by atoms with Crippen LogP contribution < -0.4 is 4.90 Å². The van der Waals surface area contributed by atoms with Crippen LogP contribution in [0.4, 0.5) is 0 Å². The predicted molar refractivity (Wildman–Crippen MR) is 39.5 cm³/mol. The van der Waals surface area contributed by atoms with Gasteiger partial charge in [0.2, 0.25) is 0 Å². The van der Waals surface area contributed by atoms with Gasteiger partial charge in [-0.1, -0.05) is 0 Å². The molecule has 3 nitrogen and oxygen atoms in total. The van der Waals surface area contributed by atoms with Crippen molar-refractivity contribution in [2.24, 2.45) is 0 Å². The lowest BCUT2D eigenvalue weighted by molar-refractivity contribution is -0.842. The van der Waals surface area contributed by atoms with Crippen molar-refractivity contribution in [1.82, 2.24) is 4.90 Å². The zero-order valence-electron chi connectivity index (χ0n) is 6.67. The molecule has 60 valence electrons. The third-order valence-corrected chi connectivity index (χ3v) is 2.10. The molecule has 0 aromatic heterocycles. The van der Waals surface area contributed by atoms with Crippen LogP contribution in [0.3, 0.4) is 0 Å². The molecule has 1 heterocycles. The van der Waals surface area contributed by atoms with Crippen LogP contribution in [0.2, 0.25) is 0 Å². The van der Waals surface area contributed by atoms with E-state index in [1.54, 1.807) is 0 Å². The van der Waals surface area contributed by atoms with Gasteiger partial charge in [0, 0.05) is 0 Å². The zero-order chi connectivity index (χ0) is 7.72. The molecule has 1 unspecified atom stereocenters. The van der Waals surface area contributed by atoms with Gasteiger partial charge >= 0.3 is 0 Å². The number of nitrogens with zero attached hydrogens (tertiary/aromatic N) is 1. The van der Waals surface area contributed by atoms with Gasteiger partial charge in [-0.3, -0.25) is 4.90 Å². The maximum atomic E-state index is 9.43. The number of aliphatic hydroxyl groups excluding tert-OH is 1. The first-order valence-corrected chi connectivity index (χ1v) is 3.62. The molecular formula is C7H16N2O. The van der Waals surface area contributed by atoms with E-state index in [0.717, 1.165) is 13.1 Å². The molecular weight excluding hydrogens is 128 g/mol. The topological polar surface area (TPSA) is 27.9 Å². The fraction of sp³-hybridized carbons (Fsp3) is 0.857. The van der Waals surface area contributed by atoms with Gasteiger partial charge < -0.3 is 10.0 Å². The molecule has 0 bridgehead atoms. The lowest BCUT2D eigenvalue weighted by Gasteiger charge is -2.19. The summed E-state index contributed by atoms with van der Waals surface area (Å²) in [5.74, 6) is 0. The van der Waals surface area contributed by atoms with E-state index in [1.807, 2.05) is 14.1 Å². The Bertz CT molecular complexity index is 116. The molecule has 1 aliphatic heterocycles. The highest BCUT2D eigenvalue weighted by atomic mass is 16.3. The van der Waals surface area contributed by atoms with Crippen molar-refractivity contribution in [2.45, 2.75) is 12.1 Å². The minimum atomic E-state index is -0.192. The molecule has 0 aliphatic carbocycles. The Hall–Kier alpha value is -0.120. The summed E-state index contributed by atoms with van der Waals surface area (Å²) < 4.78 is 0. The van der Waals surface area contributed by atoms with Gasteiger partial charge in [0.25, 0.3) is 0 Å². The highest BCUT2D eigenvalue weighted by molar-refractivity contribution is 4.78. The Morgan fingerprint density at radius 2 is 2.10 bits per heavy atom. The SMILES string of the molecule is [CH2-][NH+]1C[C@H](O)[C@@H](N(C)C)C1. The van der Waals surface area contributed by atoms with Gasteiger partial charge in [-0.2, -0.15) is 7.05 Å². The van der Waals surface area contributed by atoms with Gasteiger partial charge in [-0.05, 0) is 14.1 Å². The normalized spacial score (nSPS) is 41.1. The van der Waals surface area contributed by atoms with E-state index >= 15 is 0 Å². The molecule has 0 spiro atoms. The van der Waals surface area contributed by atoms with E-state index in [9.17, 15) is 5.11 Å². The maximum Gasteiger partial charge on any atom is 0.121 e. The molecule has 2 N–H and O–H groups in total. The van der Waals surface area contributed by atoms with E-state index in [4.69, 9.17) is 0 Å². The number of likely N-dealkylation sites (tertiary alicyclic amines) is 1. The Labute approximate surface area is 62.2 Å². The van der Waals surface area contributed by atoms with Crippen molar-refractivity contribution >= 4 is 0 Å². The van der Waals surface area contributed by atoms with E-state index in [2.05, 4.69) is 11.9 Å². The van der Waals surface area contributed by atoms with E-state index in [1.165, 1.54) is 4.90 Å². The van der Waals surface area contributed by atoms with Crippen LogP contribution in [-0.2, 0) is 0 Å². The smallest absolute Gasteiger partial charge is 0.121 e. The van der Waals surface area contributed by atoms with Crippen LogP contribution in [0.5, 0.6) is 0 Å². The van der Waals surface area contributed by atoms with Gasteiger partial charge in [-0.15, -0.1) is 0 Å². The van der Waals surface area contributed by atoms with Gasteiger partial charge in [0.15, 0.2) is 0 Å². The molecule has 10 heavy (non-hydrogen) atoms. The molecule has 0 aromatic carbocycles. The lowest BCUT2D eigenvalue weighted by atomic mass is 10.2. The number of aliphatic hydroxyl groups is 1. The summed E-state index contributed by atoms with van der Waals surface area (Å²) >= 11 is 0. The molecule has 1 aliphatic rings. The summed E-state index contributed by atoms with van der Waals surface area (Å²) in [4.78, 5) is 3.23. The third-order valence-electron chi connectivity index (χ3n) is 2.10. The fourth-order valence-electron chi connectivity index (χ4n) is 1.47. The molecule has 0 radical (unpaired) electrons. The number of likely N-dealkylation sites (N-methyl/N-ethyl adjacent to an activating group) is 1. The number of hydrogen-bond donors (Lipinski definition) is 2. The van der Waals surface area contributed by atoms with Crippen molar-refractivity contribution < 1.29 is 10.0 Å². The number of nitrogens with one attached hydrogen (secondary N) is 1. The average molecular weight is 144 g/mol. The third kappa shape index (κ3) is 1.48. The summed E-state index contributed by atoms with van der Waals surface area (Å²) in [5.41, 5.74) is 0. The standard InChI is InChI=1S/C7H16N2O/c1-8(2)6-4-9(3)5-7(6)10/h6-7,9-10H,3-5H2,1-2H3/t6-,7-/m0/s1. The molecule has 3 heteroatoms. The predicted octanol–water partition coefficient (Wildman–Crippen LogP) is -2.03. The number of quaternary nitrogens is 1. The van der Waals surface area contributed by atoms with Crippen molar-refractivity contribution in [2.75, 3.05) is 27.2 Å². The van der Waals surface area contributed by atoms with Crippen molar-refractivity contribution in [3.05, 3.63) is 7.05 Å². The van der Waals surface area contributed by atoms with Crippen LogP contribution in [0.25, 0.3) is 0 Å². The maximum absolute atomic E-state index is 9.43. The number of hydrogen-bond acceptors (Lipinski definition) is 2. The van der Waals surface area contributed by atoms with Crippen LogP contribution >= 0.6 is 0 Å². The van der Waals surface area contributed by atoms with Crippen molar-refractivity contribution in [3.63, 3.8) is 0 Å². The summed E-state index contributed by atoms with van der Waals surface area (Å²) in [6.45, 7) is 1.73. The Balaban J connectivity index is 2.46. The van der Waals surface area contributed by atoms with Crippen molar-refractivity contribution in [3.8, 4) is 0 Å². The van der Waals surface area contributed by atoms with E-state index in [0.29, 0.717) is 6.04 Å². The molecule has 1 rings (SSSR count). The van der Waals surface area contributed by atoms with E-state index < -0.39 is 0 Å². The van der Waals surface area contributed by atoms with Crippen LogP contribution in [0.1, 0.15) is 0 Å². The Morgan fingerprint density at radius 3 is 2.30 bits per heavy atom. The molecule has 1 saturated heterocycles. The van der Waals surface area contributed by atoms with Gasteiger partial charge in [-0.25, -0.2) is 0 Å². The Morgan fingerprint density at radius 1 is 1.50 bits per heavy atom. The molecule has 0 saturated carbocycles. The largest absolute Gasteiger partial charge is 0.464 e. The lowest BCUT2D eigenvalue weighted by Crippen LogP contribution is -3.05. The summed E-state index contributed by atoms with van der Waals surface area (Å²) in [5, 5.41) is 9.43. The first-order chi connectivity index (χ1) is 4.61. The minimum Gasteiger partial charge on any atom is -0.464 e. The monoisotopic (exact) mass is 144 g/mol. The van der Waals surface area contributed by atoms with Gasteiger partial charge in [0.05, 0.1) is 19.1 Å². The van der Waals surface area contributed by atoms with Crippen LogP contribution in [-0.4, -0.2) is 49.3 Å². The number of rotatable bonds is 1. The highest BCUT2D eigenvalue weighted by Crippen LogP contribution is 2.00.